The Labute approximate surface area is 132 Å². The van der Waals surface area contributed by atoms with E-state index < -0.39 is 0 Å². The molecule has 0 unspecified atom stereocenters. The predicted octanol–water partition coefficient (Wildman–Crippen LogP) is 1.90. The smallest absolute Gasteiger partial charge is 0.409 e. The molecular weight excluding hydrogens is 282 g/mol. The fourth-order valence-electron chi connectivity index (χ4n) is 2.93. The van der Waals surface area contributed by atoms with Gasteiger partial charge in [0.05, 0.1) is 13.2 Å². The molecule has 2 aliphatic rings. The summed E-state index contributed by atoms with van der Waals surface area (Å²) in [6.07, 6.45) is 6.73. The van der Waals surface area contributed by atoms with Crippen molar-refractivity contribution in [2.75, 3.05) is 39.4 Å². The van der Waals surface area contributed by atoms with E-state index in [9.17, 15) is 4.79 Å². The molecule has 6 heteroatoms. The lowest BCUT2D eigenvalue weighted by Crippen LogP contribution is -2.48. The van der Waals surface area contributed by atoms with Gasteiger partial charge in [0.2, 0.25) is 0 Å². The Morgan fingerprint density at radius 1 is 1.45 bits per heavy atom. The van der Waals surface area contributed by atoms with Crippen LogP contribution in [0, 0.1) is 0 Å². The molecule has 1 N–H and O–H groups in total. The van der Waals surface area contributed by atoms with Crippen LogP contribution in [0.2, 0.25) is 0 Å². The summed E-state index contributed by atoms with van der Waals surface area (Å²) in [5, 5.41) is 0. The van der Waals surface area contributed by atoms with Gasteiger partial charge in [-0.2, -0.15) is 0 Å². The van der Waals surface area contributed by atoms with Crippen LogP contribution in [0.1, 0.15) is 26.2 Å². The normalized spacial score (nSPS) is 20.4. The Morgan fingerprint density at radius 2 is 2.23 bits per heavy atom. The second kappa shape index (κ2) is 8.80. The van der Waals surface area contributed by atoms with Crippen molar-refractivity contribution in [1.82, 2.24) is 15.3 Å². The molecule has 0 radical (unpaired) electrons. The number of carbonyl (C=O) groups is 1. The maximum atomic E-state index is 11.7. The van der Waals surface area contributed by atoms with Crippen molar-refractivity contribution in [2.45, 2.75) is 32.2 Å². The first-order chi connectivity index (χ1) is 10.7. The van der Waals surface area contributed by atoms with E-state index in [0.29, 0.717) is 19.3 Å². The summed E-state index contributed by atoms with van der Waals surface area (Å²) in [5.41, 5.74) is 4.12. The van der Waals surface area contributed by atoms with Gasteiger partial charge >= 0.3 is 6.09 Å². The minimum Gasteiger partial charge on any atom is -0.450 e. The van der Waals surface area contributed by atoms with Crippen LogP contribution in [0.15, 0.2) is 24.4 Å². The van der Waals surface area contributed by atoms with Gasteiger partial charge in [-0.05, 0) is 25.8 Å². The van der Waals surface area contributed by atoms with Crippen molar-refractivity contribution in [1.29, 1.82) is 0 Å². The number of hydrogen-bond acceptors (Lipinski definition) is 5. The van der Waals surface area contributed by atoms with Gasteiger partial charge in [-0.3, -0.25) is 15.2 Å². The Morgan fingerprint density at radius 3 is 2.82 bits per heavy atom. The zero-order valence-corrected chi connectivity index (χ0v) is 13.4. The van der Waals surface area contributed by atoms with E-state index in [1.165, 1.54) is 0 Å². The summed E-state index contributed by atoms with van der Waals surface area (Å²) in [6, 6.07) is 0.553. The van der Waals surface area contributed by atoms with Crippen LogP contribution >= 0.6 is 0 Å². The second-order valence-electron chi connectivity index (χ2n) is 5.59. The highest BCUT2D eigenvalue weighted by atomic mass is 16.6. The monoisotopic (exact) mass is 309 g/mol. The van der Waals surface area contributed by atoms with Crippen molar-refractivity contribution in [3.8, 4) is 0 Å². The molecule has 1 amide bonds. The molecule has 2 rings (SSSR count). The van der Waals surface area contributed by atoms with Crippen LogP contribution < -0.4 is 5.48 Å². The van der Waals surface area contributed by atoms with Crippen molar-refractivity contribution >= 4 is 6.09 Å². The number of amides is 1. The molecule has 0 aliphatic carbocycles. The average molecular weight is 309 g/mol. The van der Waals surface area contributed by atoms with Gasteiger partial charge in [0.1, 0.15) is 0 Å². The zero-order valence-electron chi connectivity index (χ0n) is 13.4. The van der Waals surface area contributed by atoms with E-state index in [4.69, 9.17) is 9.57 Å². The number of nitrogens with zero attached hydrogens (tertiary/aromatic N) is 2. The van der Waals surface area contributed by atoms with Gasteiger partial charge < -0.3 is 9.64 Å². The lowest BCUT2D eigenvalue weighted by molar-refractivity contribution is 0.0658. The lowest BCUT2D eigenvalue weighted by atomic mass is 10.0. The molecule has 22 heavy (non-hydrogen) atoms. The minimum atomic E-state index is -0.176. The standard InChI is InChI=1S/C16H27N3O3/c1-3-13-22-17-14-5-9-18(10-6-14)15-7-11-19(12-8-15)16(20)21-4-2/h3,5,15,17H,1,4,6-13H2,2H3. The number of rotatable bonds is 6. The number of carbonyl (C=O) groups excluding carboxylic acids is 1. The maximum Gasteiger partial charge on any atom is 0.409 e. The van der Waals surface area contributed by atoms with Crippen molar-refractivity contribution < 1.29 is 14.4 Å². The van der Waals surface area contributed by atoms with Gasteiger partial charge in [0.15, 0.2) is 0 Å². The first-order valence-corrected chi connectivity index (χ1v) is 8.08. The number of likely N-dealkylation sites (tertiary alicyclic amines) is 1. The fraction of sp³-hybridized carbons (Fsp3) is 0.688. The Bertz CT molecular complexity index is 403. The van der Waals surface area contributed by atoms with Crippen LogP contribution in [0.3, 0.4) is 0 Å². The van der Waals surface area contributed by atoms with Crippen molar-refractivity contribution in [3.05, 3.63) is 24.4 Å². The highest BCUT2D eigenvalue weighted by Gasteiger charge is 2.28. The largest absolute Gasteiger partial charge is 0.450 e. The van der Waals surface area contributed by atoms with E-state index in [0.717, 1.165) is 51.1 Å². The first kappa shape index (κ1) is 16.8. The van der Waals surface area contributed by atoms with E-state index in [-0.39, 0.29) is 6.09 Å². The Hall–Kier alpha value is -1.53. The molecule has 124 valence electrons. The van der Waals surface area contributed by atoms with Gasteiger partial charge in [0, 0.05) is 44.3 Å². The van der Waals surface area contributed by atoms with Crippen molar-refractivity contribution in [3.63, 3.8) is 0 Å². The van der Waals surface area contributed by atoms with Crippen LogP contribution in [0.25, 0.3) is 0 Å². The molecule has 0 bridgehead atoms. The number of ether oxygens (including phenoxy) is 1. The van der Waals surface area contributed by atoms with E-state index in [1.54, 1.807) is 6.08 Å². The number of hydrogen-bond donors (Lipinski definition) is 1. The molecule has 6 nitrogen and oxygen atoms in total. The van der Waals surface area contributed by atoms with Crippen LogP contribution in [-0.2, 0) is 9.57 Å². The van der Waals surface area contributed by atoms with E-state index in [1.807, 2.05) is 11.8 Å². The summed E-state index contributed by atoms with van der Waals surface area (Å²) >= 11 is 0. The molecular formula is C16H27N3O3. The van der Waals surface area contributed by atoms with Gasteiger partial charge in [-0.1, -0.05) is 6.08 Å². The minimum absolute atomic E-state index is 0.176. The summed E-state index contributed by atoms with van der Waals surface area (Å²) in [4.78, 5) is 21.3. The fourth-order valence-corrected chi connectivity index (χ4v) is 2.93. The van der Waals surface area contributed by atoms with Gasteiger partial charge in [-0.15, -0.1) is 6.58 Å². The third-order valence-electron chi connectivity index (χ3n) is 4.15. The summed E-state index contributed by atoms with van der Waals surface area (Å²) < 4.78 is 5.06. The summed E-state index contributed by atoms with van der Waals surface area (Å²) in [5.74, 6) is 0. The molecule has 2 heterocycles. The number of piperidine rings is 1. The highest BCUT2D eigenvalue weighted by molar-refractivity contribution is 5.67. The molecule has 1 fully saturated rings. The number of nitrogens with one attached hydrogen (secondary N) is 1. The molecule has 1 saturated heterocycles. The highest BCUT2D eigenvalue weighted by Crippen LogP contribution is 2.20. The third-order valence-corrected chi connectivity index (χ3v) is 4.15. The average Bonchev–Trinajstić information content (AvgIpc) is 2.56. The third kappa shape index (κ3) is 4.74. The van der Waals surface area contributed by atoms with Crippen LogP contribution in [0.5, 0.6) is 0 Å². The maximum absolute atomic E-state index is 11.7. The molecule has 2 aliphatic heterocycles. The quantitative estimate of drug-likeness (QED) is 0.461. The Balaban J connectivity index is 1.72. The van der Waals surface area contributed by atoms with Crippen molar-refractivity contribution in [2.24, 2.45) is 0 Å². The summed E-state index contributed by atoms with van der Waals surface area (Å²) in [6.45, 7) is 9.95. The summed E-state index contributed by atoms with van der Waals surface area (Å²) in [7, 11) is 0. The zero-order chi connectivity index (χ0) is 15.8. The molecule has 0 saturated carbocycles. The van der Waals surface area contributed by atoms with Crippen LogP contribution in [-0.4, -0.2) is 61.3 Å². The topological polar surface area (TPSA) is 54.0 Å². The lowest BCUT2D eigenvalue weighted by Gasteiger charge is -2.39. The molecule has 0 atom stereocenters. The van der Waals surface area contributed by atoms with E-state index >= 15 is 0 Å². The molecule has 0 aromatic heterocycles. The SMILES string of the molecule is C=CCONC1=CCN(C2CCN(C(=O)OCC)CC2)CC1. The predicted molar refractivity (Wildman–Crippen MR) is 85.2 cm³/mol. The molecule has 0 aromatic carbocycles. The van der Waals surface area contributed by atoms with Crippen LogP contribution in [0.4, 0.5) is 4.79 Å². The van der Waals surface area contributed by atoms with Gasteiger partial charge in [-0.25, -0.2) is 4.79 Å². The van der Waals surface area contributed by atoms with E-state index in [2.05, 4.69) is 23.0 Å². The van der Waals surface area contributed by atoms with Gasteiger partial charge in [0.25, 0.3) is 0 Å². The Kier molecular flexibility index (Phi) is 6.74. The first-order valence-electron chi connectivity index (χ1n) is 8.08. The molecule has 0 aromatic rings. The molecule has 0 spiro atoms. The second-order valence-corrected chi connectivity index (χ2v) is 5.59. The number of hydroxylamine groups is 1.